The first kappa shape index (κ1) is 15.9. The molecule has 21 heavy (non-hydrogen) atoms. The first-order valence-corrected chi connectivity index (χ1v) is 10.1. The van der Waals surface area contributed by atoms with Crippen LogP contribution in [0.4, 0.5) is 0 Å². The van der Waals surface area contributed by atoms with Crippen molar-refractivity contribution in [2.75, 3.05) is 20.1 Å². The summed E-state index contributed by atoms with van der Waals surface area (Å²) < 4.78 is 29.0. The van der Waals surface area contributed by atoms with Crippen molar-refractivity contribution in [2.24, 2.45) is 0 Å². The molecule has 0 N–H and O–H groups in total. The Morgan fingerprint density at radius 3 is 2.62 bits per heavy atom. The van der Waals surface area contributed by atoms with Crippen LogP contribution in [-0.2, 0) is 10.0 Å². The molecule has 2 fully saturated rings. The number of hydrogen-bond donors (Lipinski definition) is 0. The van der Waals surface area contributed by atoms with E-state index in [1.807, 2.05) is 6.07 Å². The predicted molar refractivity (Wildman–Crippen MR) is 89.8 cm³/mol. The molecule has 0 radical (unpaired) electrons. The van der Waals surface area contributed by atoms with Crippen molar-refractivity contribution in [1.29, 1.82) is 0 Å². The molecule has 2 bridgehead atoms. The summed E-state index contributed by atoms with van der Waals surface area (Å²) in [5, 5.41) is 0. The number of halogens is 2. The Kier molecular flexibility index (Phi) is 4.49. The van der Waals surface area contributed by atoms with Crippen LogP contribution in [0.3, 0.4) is 0 Å². The summed E-state index contributed by atoms with van der Waals surface area (Å²) in [6.45, 7) is 1.20. The highest BCUT2D eigenvalue weighted by Gasteiger charge is 2.39. The maximum atomic E-state index is 13.0. The quantitative estimate of drug-likeness (QED) is 0.713. The fraction of sp³-hybridized carbons (Fsp3) is 0.571. The summed E-state index contributed by atoms with van der Waals surface area (Å²) in [6, 6.07) is 6.15. The lowest BCUT2D eigenvalue weighted by Gasteiger charge is -2.25. The van der Waals surface area contributed by atoms with Gasteiger partial charge in [0, 0.05) is 34.1 Å². The zero-order valence-corrected chi connectivity index (χ0v) is 15.8. The third-order valence-corrected chi connectivity index (χ3v) is 7.97. The van der Waals surface area contributed by atoms with Gasteiger partial charge in [0.2, 0.25) is 10.0 Å². The van der Waals surface area contributed by atoms with E-state index in [9.17, 15) is 8.42 Å². The number of rotatable bonds is 2. The second-order valence-corrected chi connectivity index (χ2v) is 9.45. The summed E-state index contributed by atoms with van der Waals surface area (Å²) in [6.07, 6.45) is 3.19. The molecule has 0 amide bonds. The van der Waals surface area contributed by atoms with Crippen molar-refractivity contribution in [2.45, 2.75) is 36.2 Å². The van der Waals surface area contributed by atoms with Crippen molar-refractivity contribution in [3.63, 3.8) is 0 Å². The predicted octanol–water partition coefficient (Wildman–Crippen LogP) is 3.07. The van der Waals surface area contributed by atoms with Gasteiger partial charge in [-0.3, -0.25) is 4.90 Å². The molecular formula is C14H18Br2N2O2S. The Hall–Kier alpha value is 0.0500. The minimum atomic E-state index is -3.45. The van der Waals surface area contributed by atoms with E-state index < -0.39 is 10.0 Å². The molecule has 1 aromatic rings. The summed E-state index contributed by atoms with van der Waals surface area (Å²) in [4.78, 5) is 2.70. The Morgan fingerprint density at radius 2 is 1.86 bits per heavy atom. The van der Waals surface area contributed by atoms with E-state index in [2.05, 4.69) is 43.8 Å². The van der Waals surface area contributed by atoms with E-state index in [0.717, 1.165) is 17.3 Å². The normalized spacial score (nSPS) is 27.8. The van der Waals surface area contributed by atoms with Crippen LogP contribution < -0.4 is 0 Å². The van der Waals surface area contributed by atoms with Gasteiger partial charge in [-0.05, 0) is 60.4 Å². The van der Waals surface area contributed by atoms with Crippen LogP contribution in [0, 0.1) is 0 Å². The Bertz CT molecular complexity index is 650. The maximum Gasteiger partial charge on any atom is 0.244 e. The Morgan fingerprint density at radius 1 is 1.14 bits per heavy atom. The second-order valence-electron chi connectivity index (χ2n) is 5.78. The SMILES string of the molecule is CN1C2CCC1CN(S(=O)(=O)c1cc(Br)ccc1Br)CC2. The monoisotopic (exact) mass is 436 g/mol. The maximum absolute atomic E-state index is 13.0. The van der Waals surface area contributed by atoms with Crippen molar-refractivity contribution < 1.29 is 8.42 Å². The van der Waals surface area contributed by atoms with Crippen LogP contribution in [0.25, 0.3) is 0 Å². The fourth-order valence-corrected chi connectivity index (χ4v) is 6.27. The fourth-order valence-electron chi connectivity index (χ4n) is 3.31. The topological polar surface area (TPSA) is 40.6 Å². The molecule has 2 unspecified atom stereocenters. The summed E-state index contributed by atoms with van der Waals surface area (Å²) >= 11 is 6.73. The molecule has 7 heteroatoms. The molecule has 3 rings (SSSR count). The first-order valence-electron chi connectivity index (χ1n) is 7.07. The van der Waals surface area contributed by atoms with Crippen LogP contribution in [0.2, 0.25) is 0 Å². The molecule has 2 aliphatic heterocycles. The summed E-state index contributed by atoms with van der Waals surface area (Å²) in [5.41, 5.74) is 0. The first-order chi connectivity index (χ1) is 9.89. The minimum Gasteiger partial charge on any atom is -0.299 e. The number of sulfonamides is 1. The molecule has 2 atom stereocenters. The summed E-state index contributed by atoms with van der Waals surface area (Å²) in [5.74, 6) is 0. The van der Waals surface area contributed by atoms with Gasteiger partial charge in [-0.15, -0.1) is 0 Å². The van der Waals surface area contributed by atoms with Crippen LogP contribution >= 0.6 is 31.9 Å². The molecule has 0 aliphatic carbocycles. The number of benzene rings is 1. The highest BCUT2D eigenvalue weighted by Crippen LogP contribution is 2.33. The third kappa shape index (κ3) is 2.95. The highest BCUT2D eigenvalue weighted by atomic mass is 79.9. The van der Waals surface area contributed by atoms with Crippen LogP contribution in [0.15, 0.2) is 32.0 Å². The van der Waals surface area contributed by atoms with E-state index in [0.29, 0.717) is 34.5 Å². The van der Waals surface area contributed by atoms with E-state index in [-0.39, 0.29) is 0 Å². The van der Waals surface area contributed by atoms with Gasteiger partial charge in [0.25, 0.3) is 0 Å². The highest BCUT2D eigenvalue weighted by molar-refractivity contribution is 9.11. The average Bonchev–Trinajstić information content (AvgIpc) is 2.65. The molecule has 1 aromatic carbocycles. The van der Waals surface area contributed by atoms with Crippen molar-refractivity contribution in [3.05, 3.63) is 27.1 Å². The largest absolute Gasteiger partial charge is 0.299 e. The minimum absolute atomic E-state index is 0.345. The van der Waals surface area contributed by atoms with Gasteiger partial charge >= 0.3 is 0 Å². The molecule has 2 saturated heterocycles. The van der Waals surface area contributed by atoms with Gasteiger partial charge in [0.05, 0.1) is 4.90 Å². The lowest BCUT2D eigenvalue weighted by molar-refractivity contribution is 0.246. The van der Waals surface area contributed by atoms with Gasteiger partial charge in [0.1, 0.15) is 0 Å². The van der Waals surface area contributed by atoms with E-state index in [1.54, 1.807) is 16.4 Å². The molecule has 116 valence electrons. The zero-order valence-electron chi connectivity index (χ0n) is 11.8. The number of likely N-dealkylation sites (N-methyl/N-ethyl adjacent to an activating group) is 1. The Labute approximate surface area is 142 Å². The number of nitrogens with zero attached hydrogens (tertiary/aromatic N) is 2. The van der Waals surface area contributed by atoms with Crippen LogP contribution in [0.1, 0.15) is 19.3 Å². The Balaban J connectivity index is 1.93. The smallest absolute Gasteiger partial charge is 0.244 e. The van der Waals surface area contributed by atoms with Gasteiger partial charge in [0.15, 0.2) is 0 Å². The van der Waals surface area contributed by atoms with Gasteiger partial charge in [-0.2, -0.15) is 4.31 Å². The standard InChI is InChI=1S/C14H18Br2N2O2S/c1-17-11-3-4-12(17)9-18(7-6-11)21(19,20)14-8-10(15)2-5-13(14)16/h2,5,8,11-12H,3-4,6-7,9H2,1H3. The second kappa shape index (κ2) is 5.92. The van der Waals surface area contributed by atoms with Crippen LogP contribution in [-0.4, -0.2) is 49.8 Å². The van der Waals surface area contributed by atoms with E-state index in [4.69, 9.17) is 0 Å². The molecule has 2 aliphatic rings. The van der Waals surface area contributed by atoms with Gasteiger partial charge < -0.3 is 0 Å². The van der Waals surface area contributed by atoms with Gasteiger partial charge in [-0.25, -0.2) is 8.42 Å². The molecular weight excluding hydrogens is 420 g/mol. The molecule has 0 saturated carbocycles. The average molecular weight is 438 g/mol. The lowest BCUT2D eigenvalue weighted by Crippen LogP contribution is -2.39. The molecule has 0 aromatic heterocycles. The zero-order chi connectivity index (χ0) is 15.2. The molecule has 0 spiro atoms. The van der Waals surface area contributed by atoms with E-state index >= 15 is 0 Å². The van der Waals surface area contributed by atoms with Crippen molar-refractivity contribution >= 4 is 41.9 Å². The van der Waals surface area contributed by atoms with E-state index in [1.165, 1.54) is 6.42 Å². The van der Waals surface area contributed by atoms with Crippen molar-refractivity contribution in [1.82, 2.24) is 9.21 Å². The lowest BCUT2D eigenvalue weighted by atomic mass is 10.1. The number of hydrogen-bond acceptors (Lipinski definition) is 3. The van der Waals surface area contributed by atoms with Crippen LogP contribution in [0.5, 0.6) is 0 Å². The number of fused-ring (bicyclic) bond motifs is 2. The molecule has 4 nitrogen and oxygen atoms in total. The third-order valence-electron chi connectivity index (χ3n) is 4.62. The van der Waals surface area contributed by atoms with Crippen molar-refractivity contribution in [3.8, 4) is 0 Å². The summed E-state index contributed by atoms with van der Waals surface area (Å²) in [7, 11) is -1.34. The van der Waals surface area contributed by atoms with Gasteiger partial charge in [-0.1, -0.05) is 15.9 Å². The molecule has 2 heterocycles.